The zero-order chi connectivity index (χ0) is 9.23. The molecule has 1 amide bonds. The Morgan fingerprint density at radius 3 is 2.67 bits per heavy atom. The maximum absolute atomic E-state index is 10.4. The van der Waals surface area contributed by atoms with Gasteiger partial charge in [0.15, 0.2) is 0 Å². The van der Waals surface area contributed by atoms with Crippen LogP contribution in [0.2, 0.25) is 0 Å². The van der Waals surface area contributed by atoms with E-state index in [9.17, 15) is 4.79 Å². The molecule has 0 aromatic heterocycles. The van der Waals surface area contributed by atoms with Crippen molar-refractivity contribution in [2.24, 2.45) is 0 Å². The number of methoxy groups -OCH3 is 1. The van der Waals surface area contributed by atoms with Crippen molar-refractivity contribution in [3.05, 3.63) is 0 Å². The topological polar surface area (TPSA) is 47.6 Å². The highest BCUT2D eigenvalue weighted by Gasteiger charge is 1.90. The molecule has 0 bridgehead atoms. The van der Waals surface area contributed by atoms with Crippen LogP contribution >= 0.6 is 0 Å². The summed E-state index contributed by atoms with van der Waals surface area (Å²) in [5.41, 5.74) is 0. The molecule has 0 rings (SSSR count). The Balaban J connectivity index is 2.86. The molecule has 0 aliphatic heterocycles. The molecule has 4 heteroatoms. The third kappa shape index (κ3) is 9.39. The van der Waals surface area contributed by atoms with Crippen LogP contribution in [0.25, 0.3) is 0 Å². The molecule has 0 aromatic carbocycles. The lowest BCUT2D eigenvalue weighted by atomic mass is 10.4. The first-order chi connectivity index (χ1) is 5.77. The Morgan fingerprint density at radius 1 is 1.33 bits per heavy atom. The highest BCUT2D eigenvalue weighted by atomic mass is 16.5. The van der Waals surface area contributed by atoms with Crippen LogP contribution in [0.3, 0.4) is 0 Å². The highest BCUT2D eigenvalue weighted by molar-refractivity contribution is 5.72. The summed E-state index contributed by atoms with van der Waals surface area (Å²) < 4.78 is 9.97. The summed E-state index contributed by atoms with van der Waals surface area (Å²) in [6.45, 7) is 4.11. The van der Waals surface area contributed by atoms with Crippen molar-refractivity contribution < 1.29 is 14.3 Å². The van der Waals surface area contributed by atoms with E-state index in [1.165, 1.54) is 6.92 Å². The van der Waals surface area contributed by atoms with Crippen molar-refractivity contribution >= 4 is 5.91 Å². The van der Waals surface area contributed by atoms with Crippen molar-refractivity contribution in [1.82, 2.24) is 5.32 Å². The number of nitrogens with one attached hydrogen (secondary N) is 1. The lowest BCUT2D eigenvalue weighted by Crippen LogP contribution is -2.22. The number of hydrogen-bond acceptors (Lipinski definition) is 3. The first kappa shape index (κ1) is 11.4. The maximum atomic E-state index is 10.4. The van der Waals surface area contributed by atoms with Crippen LogP contribution in [-0.2, 0) is 14.3 Å². The van der Waals surface area contributed by atoms with Gasteiger partial charge in [-0.3, -0.25) is 4.79 Å². The van der Waals surface area contributed by atoms with Gasteiger partial charge >= 0.3 is 0 Å². The van der Waals surface area contributed by atoms with Crippen molar-refractivity contribution in [1.29, 1.82) is 0 Å². The molecule has 0 aliphatic rings. The quantitative estimate of drug-likeness (QED) is 0.561. The van der Waals surface area contributed by atoms with Gasteiger partial charge in [-0.15, -0.1) is 0 Å². The summed E-state index contributed by atoms with van der Waals surface area (Å²) in [6, 6.07) is 0. The fraction of sp³-hybridized carbons (Fsp3) is 0.875. The average molecular weight is 175 g/mol. The predicted molar refractivity (Wildman–Crippen MR) is 46.0 cm³/mol. The van der Waals surface area contributed by atoms with Crippen LogP contribution in [0.15, 0.2) is 0 Å². The molecule has 0 aromatic rings. The minimum Gasteiger partial charge on any atom is -0.382 e. The smallest absolute Gasteiger partial charge is 0.216 e. The van der Waals surface area contributed by atoms with Gasteiger partial charge in [0.1, 0.15) is 0 Å². The molecule has 0 saturated heterocycles. The second-order valence-corrected chi connectivity index (χ2v) is 2.44. The molecule has 0 spiro atoms. The van der Waals surface area contributed by atoms with Gasteiger partial charge in [0.25, 0.3) is 0 Å². The molecular formula is C8H17NO3. The van der Waals surface area contributed by atoms with E-state index in [1.807, 2.05) is 0 Å². The van der Waals surface area contributed by atoms with Crippen LogP contribution in [0.1, 0.15) is 13.3 Å². The monoisotopic (exact) mass is 175 g/mol. The fourth-order valence-electron chi connectivity index (χ4n) is 0.683. The molecule has 0 atom stereocenters. The second-order valence-electron chi connectivity index (χ2n) is 2.44. The van der Waals surface area contributed by atoms with Crippen LogP contribution < -0.4 is 5.32 Å². The second kappa shape index (κ2) is 8.49. The summed E-state index contributed by atoms with van der Waals surface area (Å²) in [7, 11) is 1.64. The molecule has 0 fully saturated rings. The predicted octanol–water partition coefficient (Wildman–Crippen LogP) is 0.176. The number of hydrogen-bond donors (Lipinski definition) is 1. The number of rotatable bonds is 7. The van der Waals surface area contributed by atoms with Crippen molar-refractivity contribution in [2.75, 3.05) is 33.5 Å². The Hall–Kier alpha value is -0.610. The zero-order valence-corrected chi connectivity index (χ0v) is 7.76. The highest BCUT2D eigenvalue weighted by Crippen LogP contribution is 1.81. The van der Waals surface area contributed by atoms with Crippen LogP contribution in [0.4, 0.5) is 0 Å². The van der Waals surface area contributed by atoms with Crippen LogP contribution in [0, 0.1) is 0 Å². The largest absolute Gasteiger partial charge is 0.382 e. The molecule has 0 saturated carbocycles. The lowest BCUT2D eigenvalue weighted by molar-refractivity contribution is -0.119. The standard InChI is InChI=1S/C8H17NO3/c1-8(10)9-4-3-5-12-7-6-11-2/h3-7H2,1-2H3,(H,9,10). The summed E-state index contributed by atoms with van der Waals surface area (Å²) >= 11 is 0. The van der Waals surface area contributed by atoms with Gasteiger partial charge in [0, 0.05) is 27.2 Å². The zero-order valence-electron chi connectivity index (χ0n) is 7.76. The van der Waals surface area contributed by atoms with Gasteiger partial charge in [-0.2, -0.15) is 0 Å². The first-order valence-electron chi connectivity index (χ1n) is 4.08. The third-order valence-electron chi connectivity index (χ3n) is 1.27. The number of carbonyl (C=O) groups excluding carboxylic acids is 1. The maximum Gasteiger partial charge on any atom is 0.216 e. The fourth-order valence-corrected chi connectivity index (χ4v) is 0.683. The summed E-state index contributed by atoms with van der Waals surface area (Å²) in [6.07, 6.45) is 0.850. The van der Waals surface area contributed by atoms with Gasteiger partial charge < -0.3 is 14.8 Å². The molecule has 4 nitrogen and oxygen atoms in total. The van der Waals surface area contributed by atoms with Crippen LogP contribution in [0.5, 0.6) is 0 Å². The number of carbonyl (C=O) groups is 1. The van der Waals surface area contributed by atoms with Gasteiger partial charge in [-0.25, -0.2) is 0 Å². The lowest BCUT2D eigenvalue weighted by Gasteiger charge is -2.03. The van der Waals surface area contributed by atoms with E-state index in [1.54, 1.807) is 7.11 Å². The summed E-state index contributed by atoms with van der Waals surface area (Å²) in [5, 5.41) is 2.69. The minimum absolute atomic E-state index is 0.00638. The normalized spacial score (nSPS) is 9.83. The van der Waals surface area contributed by atoms with Gasteiger partial charge in [0.2, 0.25) is 5.91 Å². The summed E-state index contributed by atoms with van der Waals surface area (Å²) in [5.74, 6) is 0.00638. The van der Waals surface area contributed by atoms with Crippen molar-refractivity contribution in [3.63, 3.8) is 0 Å². The Kier molecular flexibility index (Phi) is 8.05. The van der Waals surface area contributed by atoms with E-state index in [-0.39, 0.29) is 5.91 Å². The van der Waals surface area contributed by atoms with Crippen LogP contribution in [-0.4, -0.2) is 39.4 Å². The van der Waals surface area contributed by atoms with E-state index >= 15 is 0 Å². The third-order valence-corrected chi connectivity index (χ3v) is 1.27. The van der Waals surface area contributed by atoms with E-state index in [0.29, 0.717) is 26.4 Å². The van der Waals surface area contributed by atoms with E-state index in [4.69, 9.17) is 9.47 Å². The average Bonchev–Trinajstić information content (AvgIpc) is 2.02. The Morgan fingerprint density at radius 2 is 2.08 bits per heavy atom. The number of ether oxygens (including phenoxy) is 2. The molecular weight excluding hydrogens is 158 g/mol. The molecule has 0 radical (unpaired) electrons. The molecule has 0 heterocycles. The van der Waals surface area contributed by atoms with Crippen molar-refractivity contribution in [2.45, 2.75) is 13.3 Å². The minimum atomic E-state index is 0.00638. The van der Waals surface area contributed by atoms with E-state index in [0.717, 1.165) is 6.42 Å². The molecule has 0 aliphatic carbocycles. The van der Waals surface area contributed by atoms with E-state index in [2.05, 4.69) is 5.32 Å². The molecule has 0 unspecified atom stereocenters. The van der Waals surface area contributed by atoms with Gasteiger partial charge in [-0.1, -0.05) is 0 Å². The molecule has 72 valence electrons. The Labute approximate surface area is 73.2 Å². The first-order valence-corrected chi connectivity index (χ1v) is 4.08. The van der Waals surface area contributed by atoms with Crippen molar-refractivity contribution in [3.8, 4) is 0 Å². The summed E-state index contributed by atoms with van der Waals surface area (Å²) in [4.78, 5) is 10.4. The molecule has 12 heavy (non-hydrogen) atoms. The van der Waals surface area contributed by atoms with Gasteiger partial charge in [0.05, 0.1) is 13.2 Å². The number of amides is 1. The molecule has 1 N–H and O–H groups in total. The van der Waals surface area contributed by atoms with E-state index < -0.39 is 0 Å². The SMILES string of the molecule is COCCOCCCNC(C)=O. The Bertz CT molecular complexity index is 117. The van der Waals surface area contributed by atoms with Gasteiger partial charge in [-0.05, 0) is 6.42 Å².